The second kappa shape index (κ2) is 10.2. The minimum Gasteiger partial charge on any atom is -0.504 e. The molecule has 0 aliphatic rings. The number of aliphatic hydroxyl groups excluding tert-OH is 1. The second-order valence-electron chi connectivity index (χ2n) is 6.63. The molecule has 0 aliphatic carbocycles. The van der Waals surface area contributed by atoms with Gasteiger partial charge in [0.15, 0.2) is 11.5 Å². The van der Waals surface area contributed by atoms with Crippen LogP contribution in [0.15, 0.2) is 54.7 Å². The molecule has 156 valence electrons. The number of urea groups is 1. The van der Waals surface area contributed by atoms with Crippen LogP contribution in [0.1, 0.15) is 5.56 Å². The molecule has 0 bridgehead atoms. The van der Waals surface area contributed by atoms with E-state index >= 15 is 0 Å². The Kier molecular flexibility index (Phi) is 7.12. The van der Waals surface area contributed by atoms with E-state index in [2.05, 4.69) is 25.8 Å². The van der Waals surface area contributed by atoms with Crippen molar-refractivity contribution in [2.75, 3.05) is 25.6 Å². The van der Waals surface area contributed by atoms with E-state index in [1.165, 1.54) is 13.3 Å². The molecule has 3 aromatic rings. The highest BCUT2D eigenvalue weighted by molar-refractivity contribution is 5.87. The highest BCUT2D eigenvalue weighted by atomic mass is 16.5. The number of benzene rings is 2. The number of aliphatic hydroxyl groups is 1. The van der Waals surface area contributed by atoms with Crippen LogP contribution in [0.25, 0.3) is 11.3 Å². The van der Waals surface area contributed by atoms with Crippen LogP contribution in [-0.4, -0.2) is 51.7 Å². The van der Waals surface area contributed by atoms with Crippen LogP contribution < -0.4 is 15.4 Å². The summed E-state index contributed by atoms with van der Waals surface area (Å²) in [6, 6.07) is 14.0. The van der Waals surface area contributed by atoms with Gasteiger partial charge in [0.25, 0.3) is 5.95 Å². The number of rotatable bonds is 8. The summed E-state index contributed by atoms with van der Waals surface area (Å²) in [4.78, 5) is 16.5. The molecule has 1 aromatic heterocycles. The predicted molar refractivity (Wildman–Crippen MR) is 111 cm³/mol. The average molecular weight is 409 g/mol. The molecule has 0 aliphatic heterocycles. The monoisotopic (exact) mass is 409 g/mol. The summed E-state index contributed by atoms with van der Waals surface area (Å²) in [7, 11) is 1.47. The number of aromatic nitrogens is 3. The van der Waals surface area contributed by atoms with Crippen molar-refractivity contribution in [1.82, 2.24) is 20.5 Å². The molecule has 9 heteroatoms. The largest absolute Gasteiger partial charge is 0.504 e. The van der Waals surface area contributed by atoms with Gasteiger partial charge in [0.2, 0.25) is 0 Å². The number of phenols is 1. The van der Waals surface area contributed by atoms with Gasteiger partial charge >= 0.3 is 6.03 Å². The molecule has 0 saturated carbocycles. The molecule has 9 nitrogen and oxygen atoms in total. The minimum atomic E-state index is -0.502. The maximum absolute atomic E-state index is 12.2. The molecule has 1 unspecified atom stereocenters. The smallest absolute Gasteiger partial charge is 0.321 e. The van der Waals surface area contributed by atoms with E-state index in [9.17, 15) is 15.0 Å². The molecular weight excluding hydrogens is 386 g/mol. The standard InChI is InChI=1S/C21H23N5O4/c1-30-19-8-7-14(10-18(19)28)9-15(13-27)11-22-21(29)25-20-24-17(12-23-26-20)16-5-3-2-4-6-16/h2-8,10,12,15,27-28H,9,11,13H2,1H3,(H2,22,24,25,26,29). The molecule has 2 aromatic carbocycles. The van der Waals surface area contributed by atoms with E-state index in [1.54, 1.807) is 18.2 Å². The summed E-state index contributed by atoms with van der Waals surface area (Å²) in [5.41, 5.74) is 2.27. The van der Waals surface area contributed by atoms with Gasteiger partial charge in [-0.2, -0.15) is 5.10 Å². The Labute approximate surface area is 173 Å². The lowest BCUT2D eigenvalue weighted by Gasteiger charge is -2.16. The van der Waals surface area contributed by atoms with Gasteiger partial charge < -0.3 is 20.3 Å². The number of nitrogens with one attached hydrogen (secondary N) is 2. The number of hydrogen-bond donors (Lipinski definition) is 4. The van der Waals surface area contributed by atoms with E-state index in [-0.39, 0.29) is 30.8 Å². The fourth-order valence-electron chi connectivity index (χ4n) is 2.88. The number of phenolic OH excluding ortho intramolecular Hbond substituents is 1. The van der Waals surface area contributed by atoms with Crippen molar-refractivity contribution in [2.24, 2.45) is 5.92 Å². The zero-order chi connectivity index (χ0) is 21.3. The number of carbonyl (C=O) groups excluding carboxylic acids is 1. The van der Waals surface area contributed by atoms with Crippen molar-refractivity contribution in [1.29, 1.82) is 0 Å². The Morgan fingerprint density at radius 1 is 1.20 bits per heavy atom. The van der Waals surface area contributed by atoms with Crippen molar-refractivity contribution >= 4 is 12.0 Å². The number of anilines is 1. The van der Waals surface area contributed by atoms with Gasteiger partial charge in [-0.3, -0.25) is 5.32 Å². The Hall–Kier alpha value is -3.72. The van der Waals surface area contributed by atoms with Crippen LogP contribution in [0.2, 0.25) is 0 Å². The van der Waals surface area contributed by atoms with E-state index in [0.29, 0.717) is 17.9 Å². The van der Waals surface area contributed by atoms with Crippen molar-refractivity contribution in [3.8, 4) is 22.8 Å². The summed E-state index contributed by atoms with van der Waals surface area (Å²) in [6.07, 6.45) is 1.99. The lowest BCUT2D eigenvalue weighted by atomic mass is 9.99. The Bertz CT molecular complexity index is 984. The third-order valence-corrected chi connectivity index (χ3v) is 4.43. The first-order valence-electron chi connectivity index (χ1n) is 9.35. The molecular formula is C21H23N5O4. The number of nitrogens with zero attached hydrogens (tertiary/aromatic N) is 3. The molecule has 4 N–H and O–H groups in total. The Morgan fingerprint density at radius 3 is 2.70 bits per heavy atom. The molecule has 30 heavy (non-hydrogen) atoms. The first-order valence-corrected chi connectivity index (χ1v) is 9.35. The molecule has 1 atom stereocenters. The topological polar surface area (TPSA) is 129 Å². The molecule has 0 spiro atoms. The van der Waals surface area contributed by atoms with Crippen LogP contribution in [0, 0.1) is 5.92 Å². The maximum Gasteiger partial charge on any atom is 0.321 e. The number of aromatic hydroxyl groups is 1. The Balaban J connectivity index is 1.55. The molecule has 0 fully saturated rings. The number of ether oxygens (including phenoxy) is 1. The van der Waals surface area contributed by atoms with E-state index < -0.39 is 6.03 Å². The number of hydrogen-bond acceptors (Lipinski definition) is 7. The fourth-order valence-corrected chi connectivity index (χ4v) is 2.88. The zero-order valence-corrected chi connectivity index (χ0v) is 16.4. The lowest BCUT2D eigenvalue weighted by Crippen LogP contribution is -2.35. The summed E-state index contributed by atoms with van der Waals surface area (Å²) >= 11 is 0. The van der Waals surface area contributed by atoms with Crippen LogP contribution in [0.3, 0.4) is 0 Å². The van der Waals surface area contributed by atoms with Gasteiger partial charge in [-0.15, -0.1) is 5.10 Å². The van der Waals surface area contributed by atoms with Crippen molar-refractivity contribution in [2.45, 2.75) is 6.42 Å². The molecule has 3 rings (SSSR count). The third-order valence-electron chi connectivity index (χ3n) is 4.43. The number of carbonyl (C=O) groups is 1. The van der Waals surface area contributed by atoms with Gasteiger partial charge in [0.05, 0.1) is 19.0 Å². The number of methoxy groups -OCH3 is 1. The highest BCUT2D eigenvalue weighted by Gasteiger charge is 2.13. The zero-order valence-electron chi connectivity index (χ0n) is 16.4. The highest BCUT2D eigenvalue weighted by Crippen LogP contribution is 2.27. The summed E-state index contributed by atoms with van der Waals surface area (Å²) < 4.78 is 5.02. The molecule has 2 amide bonds. The summed E-state index contributed by atoms with van der Waals surface area (Å²) in [6.45, 7) is 0.0928. The van der Waals surface area contributed by atoms with Gasteiger partial charge in [0, 0.05) is 24.6 Å². The number of amides is 2. The minimum absolute atomic E-state index is 0.0281. The Morgan fingerprint density at radius 2 is 2.00 bits per heavy atom. The predicted octanol–water partition coefficient (Wildman–Crippen LogP) is 2.23. The van der Waals surface area contributed by atoms with Gasteiger partial charge in [-0.25, -0.2) is 9.78 Å². The van der Waals surface area contributed by atoms with Crippen molar-refractivity contribution < 1.29 is 19.7 Å². The first kappa shape index (κ1) is 21.0. The quantitative estimate of drug-likeness (QED) is 0.449. The molecule has 1 heterocycles. The fraction of sp³-hybridized carbons (Fsp3) is 0.238. The van der Waals surface area contributed by atoms with Crippen LogP contribution >= 0.6 is 0 Å². The average Bonchev–Trinajstić information content (AvgIpc) is 2.77. The normalized spacial score (nSPS) is 11.5. The van der Waals surface area contributed by atoms with Crippen LogP contribution in [0.4, 0.5) is 10.7 Å². The SMILES string of the molecule is COc1ccc(CC(CO)CNC(=O)Nc2nncc(-c3ccccc3)n2)cc1O. The van der Waals surface area contributed by atoms with Crippen LogP contribution in [-0.2, 0) is 6.42 Å². The summed E-state index contributed by atoms with van der Waals surface area (Å²) in [5, 5.41) is 32.4. The lowest BCUT2D eigenvalue weighted by molar-refractivity contribution is 0.218. The summed E-state index contributed by atoms with van der Waals surface area (Å²) in [5.74, 6) is 0.246. The van der Waals surface area contributed by atoms with Gasteiger partial charge in [-0.05, 0) is 24.1 Å². The van der Waals surface area contributed by atoms with Gasteiger partial charge in [0.1, 0.15) is 0 Å². The first-order chi connectivity index (χ1) is 14.6. The van der Waals surface area contributed by atoms with Gasteiger partial charge in [-0.1, -0.05) is 36.4 Å². The van der Waals surface area contributed by atoms with E-state index in [1.807, 2.05) is 30.3 Å². The molecule has 0 radical (unpaired) electrons. The molecule has 0 saturated heterocycles. The second-order valence-corrected chi connectivity index (χ2v) is 6.63. The van der Waals surface area contributed by atoms with Crippen molar-refractivity contribution in [3.05, 3.63) is 60.3 Å². The van der Waals surface area contributed by atoms with E-state index in [4.69, 9.17) is 4.74 Å². The van der Waals surface area contributed by atoms with E-state index in [0.717, 1.165) is 11.1 Å². The third kappa shape index (κ3) is 5.65. The van der Waals surface area contributed by atoms with Crippen LogP contribution in [0.5, 0.6) is 11.5 Å². The maximum atomic E-state index is 12.2. The van der Waals surface area contributed by atoms with Crippen molar-refractivity contribution in [3.63, 3.8) is 0 Å².